The Morgan fingerprint density at radius 2 is 2.44 bits per heavy atom. The number of ether oxygens (including phenoxy) is 1. The van der Waals surface area contributed by atoms with E-state index in [9.17, 15) is 4.79 Å². The average Bonchev–Trinajstić information content (AvgIpc) is 2.41. The minimum absolute atomic E-state index is 0.114. The van der Waals surface area contributed by atoms with Gasteiger partial charge in [0.15, 0.2) is 5.78 Å². The maximum atomic E-state index is 12.1. The van der Waals surface area contributed by atoms with Crippen molar-refractivity contribution in [3.63, 3.8) is 0 Å². The zero-order chi connectivity index (χ0) is 13.0. The minimum Gasteiger partial charge on any atom is -0.368 e. The number of hydrogen-bond donors (Lipinski definition) is 0. The van der Waals surface area contributed by atoms with E-state index in [0.29, 0.717) is 19.6 Å². The molecular weight excluding hydrogens is 296 g/mol. The number of halogens is 1. The van der Waals surface area contributed by atoms with Gasteiger partial charge in [-0.1, -0.05) is 6.92 Å². The van der Waals surface area contributed by atoms with Gasteiger partial charge in [0.1, 0.15) is 6.10 Å². The lowest BCUT2D eigenvalue weighted by atomic mass is 10.1. The maximum absolute atomic E-state index is 12.1. The Hall–Kier alpha value is -0.780. The number of rotatable bonds is 4. The van der Waals surface area contributed by atoms with Crippen LogP contribution in [0, 0.1) is 0 Å². The molecule has 1 atom stereocenters. The predicted molar refractivity (Wildman–Crippen MR) is 72.5 cm³/mol. The Kier molecular flexibility index (Phi) is 4.86. The summed E-state index contributed by atoms with van der Waals surface area (Å²) >= 11 is 3.33. The van der Waals surface area contributed by atoms with Crippen molar-refractivity contribution >= 4 is 21.7 Å². The molecule has 0 amide bonds. The summed E-state index contributed by atoms with van der Waals surface area (Å²) in [6.45, 7) is 5.31. The first-order valence-corrected chi connectivity index (χ1v) is 6.95. The molecule has 2 heterocycles. The van der Waals surface area contributed by atoms with Crippen molar-refractivity contribution in [2.75, 3.05) is 26.2 Å². The fraction of sp³-hybridized carbons (Fsp3) is 0.538. The van der Waals surface area contributed by atoms with E-state index in [1.165, 1.54) is 0 Å². The standard InChI is InChI=1S/C13H17BrN2O2/c1-2-16-5-6-18-13(9-16)12(17)7-11-4-3-10(14)8-15-11/h3-4,8,13H,2,5-7,9H2,1H3. The molecule has 1 fully saturated rings. The SMILES string of the molecule is CCN1CCOC(C(=O)Cc2ccc(Br)cn2)C1. The molecule has 0 spiro atoms. The topological polar surface area (TPSA) is 42.4 Å². The molecule has 18 heavy (non-hydrogen) atoms. The van der Waals surface area contributed by atoms with Crippen molar-refractivity contribution < 1.29 is 9.53 Å². The van der Waals surface area contributed by atoms with E-state index < -0.39 is 0 Å². The molecule has 1 unspecified atom stereocenters. The molecule has 1 aliphatic heterocycles. The molecule has 1 aliphatic rings. The molecule has 0 N–H and O–H groups in total. The lowest BCUT2D eigenvalue weighted by Gasteiger charge is -2.31. The summed E-state index contributed by atoms with van der Waals surface area (Å²) in [5, 5.41) is 0. The van der Waals surface area contributed by atoms with Crippen molar-refractivity contribution in [2.45, 2.75) is 19.4 Å². The second-order valence-corrected chi connectivity index (χ2v) is 5.28. The molecule has 98 valence electrons. The summed E-state index contributed by atoms with van der Waals surface area (Å²) in [7, 11) is 0. The Labute approximate surface area is 115 Å². The summed E-state index contributed by atoms with van der Waals surface area (Å²) < 4.78 is 6.46. The predicted octanol–water partition coefficient (Wildman–Crippen LogP) is 1.68. The number of morpholine rings is 1. The van der Waals surface area contributed by atoms with Gasteiger partial charge in [0.05, 0.1) is 13.0 Å². The van der Waals surface area contributed by atoms with Crippen molar-refractivity contribution in [1.29, 1.82) is 0 Å². The highest BCUT2D eigenvalue weighted by Crippen LogP contribution is 2.11. The number of carbonyl (C=O) groups is 1. The van der Waals surface area contributed by atoms with Crippen LogP contribution in [0.1, 0.15) is 12.6 Å². The Balaban J connectivity index is 1.93. The molecule has 1 aromatic heterocycles. The molecule has 5 heteroatoms. The average molecular weight is 313 g/mol. The number of hydrogen-bond acceptors (Lipinski definition) is 4. The second-order valence-electron chi connectivity index (χ2n) is 4.36. The smallest absolute Gasteiger partial charge is 0.168 e. The van der Waals surface area contributed by atoms with Gasteiger partial charge in [-0.2, -0.15) is 0 Å². The monoisotopic (exact) mass is 312 g/mol. The molecule has 0 aromatic carbocycles. The number of aromatic nitrogens is 1. The van der Waals surface area contributed by atoms with Gasteiger partial charge in [-0.25, -0.2) is 0 Å². The van der Waals surface area contributed by atoms with Gasteiger partial charge in [-0.15, -0.1) is 0 Å². The highest BCUT2D eigenvalue weighted by atomic mass is 79.9. The summed E-state index contributed by atoms with van der Waals surface area (Å²) in [6.07, 6.45) is 1.75. The van der Waals surface area contributed by atoms with Crippen LogP contribution >= 0.6 is 15.9 Å². The molecule has 0 saturated carbocycles. The molecule has 4 nitrogen and oxygen atoms in total. The van der Waals surface area contributed by atoms with Gasteiger partial charge in [0, 0.05) is 29.5 Å². The lowest BCUT2D eigenvalue weighted by Crippen LogP contribution is -2.46. The van der Waals surface area contributed by atoms with Crippen LogP contribution in [0.4, 0.5) is 0 Å². The van der Waals surface area contributed by atoms with Crippen LogP contribution in [0.25, 0.3) is 0 Å². The number of carbonyl (C=O) groups excluding carboxylic acids is 1. The summed E-state index contributed by atoms with van der Waals surface area (Å²) in [6, 6.07) is 3.76. The zero-order valence-electron chi connectivity index (χ0n) is 10.4. The van der Waals surface area contributed by atoms with Crippen LogP contribution in [-0.2, 0) is 16.0 Å². The Morgan fingerprint density at radius 3 is 3.11 bits per heavy atom. The van der Waals surface area contributed by atoms with Gasteiger partial charge in [-0.05, 0) is 34.6 Å². The van der Waals surface area contributed by atoms with Gasteiger partial charge in [0.25, 0.3) is 0 Å². The van der Waals surface area contributed by atoms with Crippen LogP contribution in [-0.4, -0.2) is 48.0 Å². The molecule has 0 radical (unpaired) electrons. The first-order valence-electron chi connectivity index (χ1n) is 6.16. The van der Waals surface area contributed by atoms with Crippen LogP contribution in [0.15, 0.2) is 22.8 Å². The third-order valence-corrected chi connectivity index (χ3v) is 3.57. The molecular formula is C13H17BrN2O2. The largest absolute Gasteiger partial charge is 0.368 e. The van der Waals surface area contributed by atoms with Gasteiger partial charge < -0.3 is 4.74 Å². The van der Waals surface area contributed by atoms with E-state index in [-0.39, 0.29) is 11.9 Å². The van der Waals surface area contributed by atoms with Gasteiger partial charge in [-0.3, -0.25) is 14.7 Å². The third-order valence-electron chi connectivity index (χ3n) is 3.10. The fourth-order valence-electron chi connectivity index (χ4n) is 1.99. The Bertz CT molecular complexity index is 408. The number of Topliss-reactive ketones (excluding diaryl/α,β-unsaturated/α-hetero) is 1. The van der Waals surface area contributed by atoms with Crippen molar-refractivity contribution in [3.8, 4) is 0 Å². The van der Waals surface area contributed by atoms with E-state index in [4.69, 9.17) is 4.74 Å². The molecule has 0 aliphatic carbocycles. The zero-order valence-corrected chi connectivity index (χ0v) is 12.0. The summed E-state index contributed by atoms with van der Waals surface area (Å²) in [4.78, 5) is 18.6. The number of nitrogens with zero attached hydrogens (tertiary/aromatic N) is 2. The number of likely N-dealkylation sites (N-methyl/N-ethyl adjacent to an activating group) is 1. The third kappa shape index (κ3) is 3.60. The fourth-order valence-corrected chi connectivity index (χ4v) is 2.22. The van der Waals surface area contributed by atoms with Crippen molar-refractivity contribution in [1.82, 2.24) is 9.88 Å². The first kappa shape index (κ1) is 13.6. The molecule has 1 aromatic rings. The van der Waals surface area contributed by atoms with Gasteiger partial charge >= 0.3 is 0 Å². The number of pyridine rings is 1. The molecule has 1 saturated heterocycles. The van der Waals surface area contributed by atoms with Crippen molar-refractivity contribution in [2.24, 2.45) is 0 Å². The van der Waals surface area contributed by atoms with Crippen LogP contribution in [0.2, 0.25) is 0 Å². The first-order chi connectivity index (χ1) is 8.69. The van der Waals surface area contributed by atoms with E-state index in [0.717, 1.165) is 23.3 Å². The summed E-state index contributed by atoms with van der Waals surface area (Å²) in [5.74, 6) is 0.114. The normalized spacial score (nSPS) is 20.9. The second kappa shape index (κ2) is 6.41. The van der Waals surface area contributed by atoms with Crippen LogP contribution < -0.4 is 0 Å². The van der Waals surface area contributed by atoms with E-state index in [1.54, 1.807) is 6.20 Å². The highest BCUT2D eigenvalue weighted by molar-refractivity contribution is 9.10. The lowest BCUT2D eigenvalue weighted by molar-refractivity contribution is -0.135. The van der Waals surface area contributed by atoms with E-state index in [1.807, 2.05) is 12.1 Å². The molecule has 2 rings (SSSR count). The van der Waals surface area contributed by atoms with E-state index >= 15 is 0 Å². The van der Waals surface area contributed by atoms with Crippen LogP contribution in [0.5, 0.6) is 0 Å². The quantitative estimate of drug-likeness (QED) is 0.848. The van der Waals surface area contributed by atoms with E-state index in [2.05, 4.69) is 32.7 Å². The Morgan fingerprint density at radius 1 is 1.61 bits per heavy atom. The maximum Gasteiger partial charge on any atom is 0.168 e. The highest BCUT2D eigenvalue weighted by Gasteiger charge is 2.25. The number of ketones is 1. The summed E-state index contributed by atoms with van der Waals surface area (Å²) in [5.41, 5.74) is 0.792. The molecule has 0 bridgehead atoms. The van der Waals surface area contributed by atoms with Gasteiger partial charge in [0.2, 0.25) is 0 Å². The van der Waals surface area contributed by atoms with Crippen LogP contribution in [0.3, 0.4) is 0 Å². The minimum atomic E-state index is -0.302. The van der Waals surface area contributed by atoms with Crippen molar-refractivity contribution in [3.05, 3.63) is 28.5 Å².